The standard InChI is InChI=1S/C18H15NO5S2/c1-2-23-15(20)11-19-17(21)14(26-18(19)22)10-12-8-9-16(24-12)25-13-6-4-3-5-7-13/h3-10H,2,11H2,1H3/b14-10+. The van der Waals surface area contributed by atoms with Crippen LogP contribution in [0.5, 0.6) is 0 Å². The third-order valence-corrected chi connectivity index (χ3v) is 5.14. The lowest BCUT2D eigenvalue weighted by molar-refractivity contribution is -0.145. The number of ether oxygens (including phenoxy) is 1. The Balaban J connectivity index is 1.69. The van der Waals surface area contributed by atoms with Crippen LogP contribution in [0.15, 0.2) is 61.8 Å². The molecule has 0 unspecified atom stereocenters. The average Bonchev–Trinajstić information content (AvgIpc) is 3.16. The summed E-state index contributed by atoms with van der Waals surface area (Å²) in [6.45, 7) is 1.47. The summed E-state index contributed by atoms with van der Waals surface area (Å²) in [7, 11) is 0. The van der Waals surface area contributed by atoms with Crippen LogP contribution in [0.4, 0.5) is 4.79 Å². The van der Waals surface area contributed by atoms with Gasteiger partial charge in [-0.05, 0) is 43.0 Å². The molecular formula is C18H15NO5S2. The molecular weight excluding hydrogens is 374 g/mol. The van der Waals surface area contributed by atoms with E-state index in [-0.39, 0.29) is 18.1 Å². The zero-order valence-corrected chi connectivity index (χ0v) is 15.5. The molecule has 0 aliphatic carbocycles. The van der Waals surface area contributed by atoms with E-state index in [9.17, 15) is 14.4 Å². The summed E-state index contributed by atoms with van der Waals surface area (Å²) >= 11 is 2.23. The van der Waals surface area contributed by atoms with Crippen LogP contribution in [0.3, 0.4) is 0 Å². The third kappa shape index (κ3) is 4.39. The van der Waals surface area contributed by atoms with Crippen molar-refractivity contribution in [2.24, 2.45) is 0 Å². The predicted octanol–water partition coefficient (Wildman–Crippen LogP) is 4.03. The van der Waals surface area contributed by atoms with Gasteiger partial charge in [-0.1, -0.05) is 30.0 Å². The zero-order valence-electron chi connectivity index (χ0n) is 13.8. The summed E-state index contributed by atoms with van der Waals surface area (Å²) < 4.78 is 10.5. The number of esters is 1. The van der Waals surface area contributed by atoms with Gasteiger partial charge in [0, 0.05) is 11.0 Å². The summed E-state index contributed by atoms with van der Waals surface area (Å²) in [4.78, 5) is 37.9. The molecule has 0 N–H and O–H groups in total. The number of rotatable bonds is 6. The lowest BCUT2D eigenvalue weighted by Crippen LogP contribution is -2.34. The van der Waals surface area contributed by atoms with Crippen molar-refractivity contribution in [1.29, 1.82) is 0 Å². The van der Waals surface area contributed by atoms with Crippen LogP contribution in [0, 0.1) is 0 Å². The number of hydrogen-bond acceptors (Lipinski definition) is 7. The molecule has 1 fully saturated rings. The van der Waals surface area contributed by atoms with Gasteiger partial charge in [0.15, 0.2) is 5.09 Å². The van der Waals surface area contributed by atoms with E-state index in [1.165, 1.54) is 17.8 Å². The molecule has 0 bridgehead atoms. The van der Waals surface area contributed by atoms with Gasteiger partial charge in [0.05, 0.1) is 11.5 Å². The van der Waals surface area contributed by atoms with E-state index in [0.29, 0.717) is 10.9 Å². The topological polar surface area (TPSA) is 76.8 Å². The SMILES string of the molecule is CCOC(=O)CN1C(=O)S/C(=C/c2ccc(Sc3ccccc3)o2)C1=O. The maximum absolute atomic E-state index is 12.3. The number of benzene rings is 1. The predicted molar refractivity (Wildman–Crippen MR) is 98.6 cm³/mol. The number of imide groups is 1. The molecule has 2 aromatic rings. The van der Waals surface area contributed by atoms with Gasteiger partial charge in [-0.25, -0.2) is 0 Å². The highest BCUT2D eigenvalue weighted by atomic mass is 32.2. The molecule has 1 aliphatic heterocycles. The number of thioether (sulfide) groups is 1. The molecule has 3 rings (SSSR count). The van der Waals surface area contributed by atoms with Gasteiger partial charge >= 0.3 is 5.97 Å². The second kappa shape index (κ2) is 8.29. The first-order valence-corrected chi connectivity index (χ1v) is 9.44. The van der Waals surface area contributed by atoms with Crippen molar-refractivity contribution in [2.45, 2.75) is 16.9 Å². The molecule has 0 atom stereocenters. The molecule has 0 spiro atoms. The van der Waals surface area contributed by atoms with Gasteiger partial charge in [-0.2, -0.15) is 0 Å². The van der Waals surface area contributed by atoms with Gasteiger partial charge < -0.3 is 9.15 Å². The molecule has 0 saturated carbocycles. The summed E-state index contributed by atoms with van der Waals surface area (Å²) in [6, 6.07) is 13.3. The fourth-order valence-corrected chi connectivity index (χ4v) is 3.79. The molecule has 8 heteroatoms. The first-order chi connectivity index (χ1) is 12.6. The quantitative estimate of drug-likeness (QED) is 0.545. The van der Waals surface area contributed by atoms with Crippen molar-refractivity contribution in [1.82, 2.24) is 4.90 Å². The fraction of sp³-hybridized carbons (Fsp3) is 0.167. The fourth-order valence-electron chi connectivity index (χ4n) is 2.17. The summed E-state index contributed by atoms with van der Waals surface area (Å²) in [5, 5.41) is 0.174. The maximum Gasteiger partial charge on any atom is 0.326 e. The molecule has 1 saturated heterocycles. The van der Waals surface area contributed by atoms with Gasteiger partial charge in [-0.15, -0.1) is 0 Å². The third-order valence-electron chi connectivity index (χ3n) is 3.30. The average molecular weight is 389 g/mol. The second-order valence-electron chi connectivity index (χ2n) is 5.14. The smallest absolute Gasteiger partial charge is 0.326 e. The normalized spacial score (nSPS) is 15.7. The van der Waals surface area contributed by atoms with Crippen molar-refractivity contribution in [2.75, 3.05) is 13.2 Å². The minimum absolute atomic E-state index is 0.194. The molecule has 26 heavy (non-hydrogen) atoms. The first kappa shape index (κ1) is 18.3. The van der Waals surface area contributed by atoms with E-state index in [0.717, 1.165) is 21.6 Å². The van der Waals surface area contributed by atoms with Gasteiger partial charge in [0.2, 0.25) is 0 Å². The highest BCUT2D eigenvalue weighted by Crippen LogP contribution is 2.34. The molecule has 1 aromatic carbocycles. The van der Waals surface area contributed by atoms with E-state index in [1.54, 1.807) is 19.1 Å². The van der Waals surface area contributed by atoms with Crippen LogP contribution in [0.1, 0.15) is 12.7 Å². The van der Waals surface area contributed by atoms with E-state index in [2.05, 4.69) is 0 Å². The Kier molecular flexibility index (Phi) is 5.85. The van der Waals surface area contributed by atoms with Crippen molar-refractivity contribution in [3.05, 3.63) is 53.1 Å². The van der Waals surface area contributed by atoms with Crippen LogP contribution in [0.25, 0.3) is 6.08 Å². The van der Waals surface area contributed by atoms with E-state index in [4.69, 9.17) is 9.15 Å². The molecule has 0 radical (unpaired) electrons. The molecule has 1 aromatic heterocycles. The summed E-state index contributed by atoms with van der Waals surface area (Å²) in [6.07, 6.45) is 1.51. The molecule has 2 amide bonds. The number of furan rings is 1. The number of hydrogen-bond donors (Lipinski definition) is 0. The largest absolute Gasteiger partial charge is 0.465 e. The second-order valence-corrected chi connectivity index (χ2v) is 7.22. The van der Waals surface area contributed by atoms with Crippen LogP contribution < -0.4 is 0 Å². The van der Waals surface area contributed by atoms with Gasteiger partial charge in [-0.3, -0.25) is 19.3 Å². The minimum atomic E-state index is -0.615. The molecule has 134 valence electrons. The highest BCUT2D eigenvalue weighted by Gasteiger charge is 2.36. The number of amides is 2. The number of carbonyl (C=O) groups is 3. The van der Waals surface area contributed by atoms with Gasteiger partial charge in [0.25, 0.3) is 11.1 Å². The van der Waals surface area contributed by atoms with Gasteiger partial charge in [0.1, 0.15) is 12.3 Å². The lowest BCUT2D eigenvalue weighted by atomic mass is 10.3. The van der Waals surface area contributed by atoms with Crippen LogP contribution in [-0.4, -0.2) is 35.2 Å². The minimum Gasteiger partial charge on any atom is -0.465 e. The summed E-state index contributed by atoms with van der Waals surface area (Å²) in [5.74, 6) is -0.678. The molecule has 2 heterocycles. The highest BCUT2D eigenvalue weighted by molar-refractivity contribution is 8.18. The van der Waals surface area contributed by atoms with Crippen molar-refractivity contribution in [3.63, 3.8) is 0 Å². The van der Waals surface area contributed by atoms with E-state index >= 15 is 0 Å². The van der Waals surface area contributed by atoms with E-state index < -0.39 is 17.1 Å². The van der Waals surface area contributed by atoms with Crippen molar-refractivity contribution < 1.29 is 23.5 Å². The Morgan fingerprint density at radius 3 is 2.73 bits per heavy atom. The maximum atomic E-state index is 12.3. The van der Waals surface area contributed by atoms with E-state index in [1.807, 2.05) is 30.3 Å². The van der Waals surface area contributed by atoms with Crippen LogP contribution in [-0.2, 0) is 14.3 Å². The van der Waals surface area contributed by atoms with Crippen LogP contribution >= 0.6 is 23.5 Å². The summed E-state index contributed by atoms with van der Waals surface area (Å²) in [5.41, 5.74) is 0. The monoisotopic (exact) mass is 389 g/mol. The Bertz CT molecular complexity index is 859. The Labute approximate surface area is 158 Å². The van der Waals surface area contributed by atoms with Crippen LogP contribution in [0.2, 0.25) is 0 Å². The number of carbonyl (C=O) groups excluding carboxylic acids is 3. The molecule has 6 nitrogen and oxygen atoms in total. The Hall–Kier alpha value is -2.45. The number of nitrogens with zero attached hydrogens (tertiary/aromatic N) is 1. The first-order valence-electron chi connectivity index (χ1n) is 7.80. The Morgan fingerprint density at radius 1 is 1.23 bits per heavy atom. The lowest BCUT2D eigenvalue weighted by Gasteiger charge is -2.10. The van der Waals surface area contributed by atoms with Crippen molar-refractivity contribution in [3.8, 4) is 0 Å². The Morgan fingerprint density at radius 2 is 2.00 bits per heavy atom. The zero-order chi connectivity index (χ0) is 18.5. The molecule has 1 aliphatic rings. The van der Waals surface area contributed by atoms with Crippen molar-refractivity contribution >= 4 is 46.7 Å².